The number of furan rings is 1. The number of ether oxygens (including phenoxy) is 2. The molecule has 4 rings (SSSR count). The molecule has 2 aromatic rings. The van der Waals surface area contributed by atoms with Crippen LogP contribution in [0.1, 0.15) is 24.2 Å². The van der Waals surface area contributed by atoms with E-state index in [1.807, 2.05) is 30.3 Å². The Hall–Kier alpha value is -2.47. The van der Waals surface area contributed by atoms with Crippen molar-refractivity contribution < 1.29 is 18.7 Å². The van der Waals surface area contributed by atoms with Gasteiger partial charge in [0.25, 0.3) is 0 Å². The summed E-state index contributed by atoms with van der Waals surface area (Å²) in [5, 5.41) is 3.28. The fourth-order valence-corrected chi connectivity index (χ4v) is 2.71. The number of amides is 1. The van der Waals surface area contributed by atoms with Crippen LogP contribution >= 0.6 is 0 Å². The molecule has 1 aromatic heterocycles. The molecule has 0 bridgehead atoms. The van der Waals surface area contributed by atoms with E-state index < -0.39 is 0 Å². The maximum absolute atomic E-state index is 12.6. The highest BCUT2D eigenvalue weighted by molar-refractivity contribution is 5.78. The van der Waals surface area contributed by atoms with Gasteiger partial charge < -0.3 is 24.1 Å². The first-order chi connectivity index (χ1) is 11.8. The Morgan fingerprint density at radius 1 is 1.17 bits per heavy atom. The minimum absolute atomic E-state index is 0.0657. The molecule has 0 spiro atoms. The van der Waals surface area contributed by atoms with Crippen molar-refractivity contribution in [2.24, 2.45) is 0 Å². The normalized spacial score (nSPS) is 15.5. The van der Waals surface area contributed by atoms with E-state index in [0.717, 1.165) is 35.7 Å². The highest BCUT2D eigenvalue weighted by Gasteiger charge is 2.24. The molecule has 0 atom stereocenters. The molecule has 126 valence electrons. The van der Waals surface area contributed by atoms with Crippen molar-refractivity contribution in [3.05, 3.63) is 47.9 Å². The van der Waals surface area contributed by atoms with Crippen molar-refractivity contribution in [1.82, 2.24) is 10.2 Å². The fourth-order valence-electron chi connectivity index (χ4n) is 2.71. The van der Waals surface area contributed by atoms with Gasteiger partial charge in [-0.1, -0.05) is 6.07 Å². The molecule has 0 saturated heterocycles. The summed E-state index contributed by atoms with van der Waals surface area (Å²) in [6.45, 7) is 1.56. The fraction of sp³-hybridized carbons (Fsp3) is 0.389. The van der Waals surface area contributed by atoms with Gasteiger partial charge in [-0.15, -0.1) is 0 Å². The number of nitrogens with zero attached hydrogens (tertiary/aromatic N) is 1. The predicted molar refractivity (Wildman–Crippen MR) is 86.6 cm³/mol. The average Bonchev–Trinajstić information content (AvgIpc) is 3.07. The van der Waals surface area contributed by atoms with Crippen molar-refractivity contribution in [3.8, 4) is 11.5 Å². The van der Waals surface area contributed by atoms with Gasteiger partial charge in [-0.2, -0.15) is 0 Å². The summed E-state index contributed by atoms with van der Waals surface area (Å²) < 4.78 is 16.2. The number of fused-ring (bicyclic) bond motifs is 1. The standard InChI is InChI=1S/C18H20N2O4/c21-18(9-19-14-4-5-14)20(11-15-2-1-7-22-15)10-13-3-6-16-17(8-13)24-12-23-16/h1-3,6-8,14,19H,4-5,9-12H2. The second-order valence-corrected chi connectivity index (χ2v) is 6.17. The number of rotatable bonds is 7. The third-order valence-electron chi connectivity index (χ3n) is 4.21. The number of benzene rings is 1. The van der Waals surface area contributed by atoms with Crippen molar-refractivity contribution in [2.45, 2.75) is 32.0 Å². The zero-order valence-corrected chi connectivity index (χ0v) is 13.4. The van der Waals surface area contributed by atoms with Crippen LogP contribution in [0.15, 0.2) is 41.0 Å². The maximum atomic E-state index is 12.6. The maximum Gasteiger partial charge on any atom is 0.237 e. The van der Waals surface area contributed by atoms with Gasteiger partial charge in [-0.05, 0) is 42.7 Å². The van der Waals surface area contributed by atoms with Crippen LogP contribution in [0.25, 0.3) is 0 Å². The second kappa shape index (κ2) is 6.57. The minimum atomic E-state index is 0.0657. The molecule has 1 aliphatic heterocycles. The molecule has 1 amide bonds. The van der Waals surface area contributed by atoms with Gasteiger partial charge in [0.15, 0.2) is 11.5 Å². The molecule has 1 saturated carbocycles. The number of nitrogens with one attached hydrogen (secondary N) is 1. The van der Waals surface area contributed by atoms with Crippen LogP contribution in [-0.4, -0.2) is 30.2 Å². The topological polar surface area (TPSA) is 63.9 Å². The summed E-state index contributed by atoms with van der Waals surface area (Å²) in [6.07, 6.45) is 3.95. The summed E-state index contributed by atoms with van der Waals surface area (Å²) in [5.74, 6) is 2.32. The third-order valence-corrected chi connectivity index (χ3v) is 4.21. The lowest BCUT2D eigenvalue weighted by Gasteiger charge is -2.22. The summed E-state index contributed by atoms with van der Waals surface area (Å²) in [6, 6.07) is 10.00. The van der Waals surface area contributed by atoms with Gasteiger partial charge in [0.05, 0.1) is 19.4 Å². The molecule has 0 radical (unpaired) electrons. The lowest BCUT2D eigenvalue weighted by molar-refractivity contribution is -0.131. The Balaban J connectivity index is 1.46. The van der Waals surface area contributed by atoms with Gasteiger partial charge in [-0.25, -0.2) is 0 Å². The van der Waals surface area contributed by atoms with Crippen molar-refractivity contribution in [1.29, 1.82) is 0 Å². The van der Waals surface area contributed by atoms with E-state index in [0.29, 0.717) is 25.7 Å². The van der Waals surface area contributed by atoms with E-state index in [-0.39, 0.29) is 12.7 Å². The van der Waals surface area contributed by atoms with Gasteiger partial charge >= 0.3 is 0 Å². The number of hydrogen-bond acceptors (Lipinski definition) is 5. The van der Waals surface area contributed by atoms with E-state index in [1.165, 1.54) is 0 Å². The monoisotopic (exact) mass is 328 g/mol. The van der Waals surface area contributed by atoms with E-state index in [4.69, 9.17) is 13.9 Å². The van der Waals surface area contributed by atoms with Crippen LogP contribution in [0, 0.1) is 0 Å². The number of carbonyl (C=O) groups is 1. The molecule has 2 heterocycles. The Morgan fingerprint density at radius 3 is 2.83 bits per heavy atom. The Morgan fingerprint density at radius 2 is 2.04 bits per heavy atom. The van der Waals surface area contributed by atoms with Gasteiger partial charge in [0, 0.05) is 12.6 Å². The van der Waals surface area contributed by atoms with Crippen molar-refractivity contribution in [3.63, 3.8) is 0 Å². The average molecular weight is 328 g/mol. The van der Waals surface area contributed by atoms with E-state index >= 15 is 0 Å². The Kier molecular flexibility index (Phi) is 4.13. The molecule has 1 fully saturated rings. The quantitative estimate of drug-likeness (QED) is 0.845. The molecule has 0 unspecified atom stereocenters. The highest BCUT2D eigenvalue weighted by atomic mass is 16.7. The highest BCUT2D eigenvalue weighted by Crippen LogP contribution is 2.33. The molecule has 1 aromatic carbocycles. The molecular weight excluding hydrogens is 308 g/mol. The van der Waals surface area contributed by atoms with E-state index in [2.05, 4.69) is 5.32 Å². The zero-order chi connectivity index (χ0) is 16.4. The van der Waals surface area contributed by atoms with Gasteiger partial charge in [-0.3, -0.25) is 4.79 Å². The van der Waals surface area contributed by atoms with Crippen LogP contribution in [0.2, 0.25) is 0 Å². The lowest BCUT2D eigenvalue weighted by atomic mass is 10.2. The first kappa shape index (κ1) is 15.1. The Bertz CT molecular complexity index is 710. The van der Waals surface area contributed by atoms with Crippen LogP contribution in [0.5, 0.6) is 11.5 Å². The van der Waals surface area contributed by atoms with E-state index in [1.54, 1.807) is 11.2 Å². The molecule has 2 aliphatic rings. The lowest BCUT2D eigenvalue weighted by Crippen LogP contribution is -2.38. The van der Waals surface area contributed by atoms with Gasteiger partial charge in [0.1, 0.15) is 5.76 Å². The smallest absolute Gasteiger partial charge is 0.237 e. The molecule has 6 nitrogen and oxygen atoms in total. The first-order valence-corrected chi connectivity index (χ1v) is 8.20. The van der Waals surface area contributed by atoms with Crippen LogP contribution < -0.4 is 14.8 Å². The molecule has 1 N–H and O–H groups in total. The largest absolute Gasteiger partial charge is 0.467 e. The first-order valence-electron chi connectivity index (χ1n) is 8.20. The van der Waals surface area contributed by atoms with Crippen molar-refractivity contribution in [2.75, 3.05) is 13.3 Å². The third kappa shape index (κ3) is 3.54. The number of hydrogen-bond donors (Lipinski definition) is 1. The SMILES string of the molecule is O=C(CNC1CC1)N(Cc1ccc2c(c1)OCO2)Cc1ccco1. The summed E-state index contributed by atoms with van der Waals surface area (Å²) >= 11 is 0. The minimum Gasteiger partial charge on any atom is -0.467 e. The Labute approximate surface area is 140 Å². The summed E-state index contributed by atoms with van der Waals surface area (Å²) in [4.78, 5) is 14.4. The van der Waals surface area contributed by atoms with Crippen molar-refractivity contribution >= 4 is 5.91 Å². The summed E-state index contributed by atoms with van der Waals surface area (Å²) in [7, 11) is 0. The molecule has 1 aliphatic carbocycles. The van der Waals surface area contributed by atoms with Gasteiger partial charge in [0.2, 0.25) is 12.7 Å². The number of carbonyl (C=O) groups excluding carboxylic acids is 1. The zero-order valence-electron chi connectivity index (χ0n) is 13.4. The van der Waals surface area contributed by atoms with E-state index in [9.17, 15) is 4.79 Å². The van der Waals surface area contributed by atoms with Crippen LogP contribution in [-0.2, 0) is 17.9 Å². The molecule has 6 heteroatoms. The molecular formula is C18H20N2O4. The predicted octanol–water partition coefficient (Wildman–Crippen LogP) is 2.29. The van der Waals surface area contributed by atoms with Crippen LogP contribution in [0.3, 0.4) is 0 Å². The molecule has 24 heavy (non-hydrogen) atoms. The van der Waals surface area contributed by atoms with Crippen LogP contribution in [0.4, 0.5) is 0 Å². The second-order valence-electron chi connectivity index (χ2n) is 6.17. The summed E-state index contributed by atoms with van der Waals surface area (Å²) in [5.41, 5.74) is 1.01.